The standard InChI is InChI=1S/C20H15NO/c1-21-19(15-8-3-2-4-9-15)18(13-22)17-12-11-14-7-5-6-10-16(14)20(17)21/h2-13H,1H3. The van der Waals surface area contributed by atoms with Crippen LogP contribution in [0.4, 0.5) is 0 Å². The Morgan fingerprint density at radius 2 is 1.55 bits per heavy atom. The summed E-state index contributed by atoms with van der Waals surface area (Å²) in [5.41, 5.74) is 3.91. The van der Waals surface area contributed by atoms with E-state index in [9.17, 15) is 4.79 Å². The molecule has 3 aromatic carbocycles. The first-order valence-electron chi connectivity index (χ1n) is 7.32. The number of aryl methyl sites for hydroxylation is 1. The van der Waals surface area contributed by atoms with Crippen LogP contribution in [0.5, 0.6) is 0 Å². The van der Waals surface area contributed by atoms with E-state index in [1.807, 2.05) is 55.6 Å². The summed E-state index contributed by atoms with van der Waals surface area (Å²) >= 11 is 0. The molecule has 1 heterocycles. The van der Waals surface area contributed by atoms with Gasteiger partial charge < -0.3 is 4.57 Å². The van der Waals surface area contributed by atoms with Crippen molar-refractivity contribution in [3.63, 3.8) is 0 Å². The molecule has 2 nitrogen and oxygen atoms in total. The van der Waals surface area contributed by atoms with Crippen molar-refractivity contribution in [3.8, 4) is 11.3 Å². The zero-order valence-corrected chi connectivity index (χ0v) is 12.3. The molecule has 0 saturated heterocycles. The van der Waals surface area contributed by atoms with Crippen LogP contribution in [0.3, 0.4) is 0 Å². The van der Waals surface area contributed by atoms with Crippen molar-refractivity contribution in [2.24, 2.45) is 7.05 Å². The largest absolute Gasteiger partial charge is 0.343 e. The molecular weight excluding hydrogens is 270 g/mol. The lowest BCUT2D eigenvalue weighted by Crippen LogP contribution is -1.93. The van der Waals surface area contributed by atoms with Crippen molar-refractivity contribution in [2.75, 3.05) is 0 Å². The van der Waals surface area contributed by atoms with Gasteiger partial charge in [-0.25, -0.2) is 0 Å². The molecule has 0 aliphatic heterocycles. The average Bonchev–Trinajstić information content (AvgIpc) is 2.88. The molecule has 4 rings (SSSR count). The highest BCUT2D eigenvalue weighted by Crippen LogP contribution is 2.35. The number of fused-ring (bicyclic) bond motifs is 3. The lowest BCUT2D eigenvalue weighted by molar-refractivity contribution is 0.112. The zero-order valence-electron chi connectivity index (χ0n) is 12.3. The Morgan fingerprint density at radius 3 is 2.32 bits per heavy atom. The molecule has 0 fully saturated rings. The third-order valence-electron chi connectivity index (χ3n) is 4.28. The molecule has 0 atom stereocenters. The minimum Gasteiger partial charge on any atom is -0.343 e. The van der Waals surface area contributed by atoms with Crippen molar-refractivity contribution in [1.82, 2.24) is 4.57 Å². The fourth-order valence-corrected chi connectivity index (χ4v) is 3.32. The van der Waals surface area contributed by atoms with E-state index in [4.69, 9.17) is 0 Å². The Kier molecular flexibility index (Phi) is 2.83. The van der Waals surface area contributed by atoms with Gasteiger partial charge in [-0.3, -0.25) is 4.79 Å². The van der Waals surface area contributed by atoms with Crippen LogP contribution in [0.1, 0.15) is 10.4 Å². The van der Waals surface area contributed by atoms with E-state index in [2.05, 4.69) is 22.8 Å². The number of benzene rings is 3. The van der Waals surface area contributed by atoms with Gasteiger partial charge >= 0.3 is 0 Å². The molecule has 106 valence electrons. The second-order valence-corrected chi connectivity index (χ2v) is 5.49. The van der Waals surface area contributed by atoms with E-state index in [0.717, 1.165) is 34.0 Å². The van der Waals surface area contributed by atoms with Gasteiger partial charge in [0.15, 0.2) is 6.29 Å². The van der Waals surface area contributed by atoms with Crippen LogP contribution in [0, 0.1) is 0 Å². The molecule has 0 unspecified atom stereocenters. The fourth-order valence-electron chi connectivity index (χ4n) is 3.32. The van der Waals surface area contributed by atoms with Crippen LogP contribution in [0.2, 0.25) is 0 Å². The minimum atomic E-state index is 0.759. The lowest BCUT2D eigenvalue weighted by atomic mass is 10.0. The van der Waals surface area contributed by atoms with E-state index >= 15 is 0 Å². The maximum absolute atomic E-state index is 11.8. The van der Waals surface area contributed by atoms with Gasteiger partial charge in [-0.2, -0.15) is 0 Å². The van der Waals surface area contributed by atoms with Gasteiger partial charge in [0.2, 0.25) is 0 Å². The Bertz CT molecular complexity index is 997. The van der Waals surface area contributed by atoms with Gasteiger partial charge in [-0.15, -0.1) is 0 Å². The molecule has 0 aliphatic carbocycles. The molecule has 0 saturated carbocycles. The molecule has 0 N–H and O–H groups in total. The summed E-state index contributed by atoms with van der Waals surface area (Å²) in [5, 5.41) is 3.37. The van der Waals surface area contributed by atoms with Crippen LogP contribution >= 0.6 is 0 Å². The minimum absolute atomic E-state index is 0.759. The highest BCUT2D eigenvalue weighted by atomic mass is 16.1. The molecule has 2 heteroatoms. The number of nitrogens with zero attached hydrogens (tertiary/aromatic N) is 1. The topological polar surface area (TPSA) is 22.0 Å². The van der Waals surface area contributed by atoms with Gasteiger partial charge in [-0.05, 0) is 10.9 Å². The second-order valence-electron chi connectivity index (χ2n) is 5.49. The highest BCUT2D eigenvalue weighted by molar-refractivity contribution is 6.14. The van der Waals surface area contributed by atoms with Crippen molar-refractivity contribution in [1.29, 1.82) is 0 Å². The SMILES string of the molecule is Cn1c(-c2ccccc2)c(C=O)c2ccc3ccccc3c21. The molecule has 0 radical (unpaired) electrons. The van der Waals surface area contributed by atoms with Crippen molar-refractivity contribution in [2.45, 2.75) is 0 Å². The van der Waals surface area contributed by atoms with Crippen LogP contribution in [-0.2, 0) is 7.05 Å². The smallest absolute Gasteiger partial charge is 0.152 e. The number of aldehydes is 1. The van der Waals surface area contributed by atoms with Crippen LogP contribution in [0.15, 0.2) is 66.7 Å². The molecule has 4 aromatic rings. The van der Waals surface area contributed by atoms with Gasteiger partial charge in [-0.1, -0.05) is 66.7 Å². The number of carbonyl (C=O) groups excluding carboxylic acids is 1. The van der Waals surface area contributed by atoms with Gasteiger partial charge in [0.25, 0.3) is 0 Å². The summed E-state index contributed by atoms with van der Waals surface area (Å²) in [5.74, 6) is 0. The molecular formula is C20H15NO. The summed E-state index contributed by atoms with van der Waals surface area (Å²) < 4.78 is 2.14. The Morgan fingerprint density at radius 1 is 0.818 bits per heavy atom. The van der Waals surface area contributed by atoms with Gasteiger partial charge in [0.1, 0.15) is 0 Å². The predicted octanol–water partition coefficient (Wildman–Crippen LogP) is 4.81. The number of rotatable bonds is 2. The summed E-state index contributed by atoms with van der Waals surface area (Å²) in [6, 6.07) is 22.5. The fraction of sp³-hybridized carbons (Fsp3) is 0.0500. The van der Waals surface area contributed by atoms with Crippen molar-refractivity contribution >= 4 is 28.0 Å². The number of hydrogen-bond donors (Lipinski definition) is 0. The monoisotopic (exact) mass is 285 g/mol. The Balaban J connectivity index is 2.21. The Labute approximate surface area is 128 Å². The highest BCUT2D eigenvalue weighted by Gasteiger charge is 2.17. The van der Waals surface area contributed by atoms with E-state index in [1.165, 1.54) is 10.8 Å². The molecule has 0 spiro atoms. The second kappa shape index (κ2) is 4.85. The first-order valence-corrected chi connectivity index (χ1v) is 7.32. The maximum Gasteiger partial charge on any atom is 0.152 e. The first-order chi connectivity index (χ1) is 10.8. The van der Waals surface area contributed by atoms with Gasteiger partial charge in [0, 0.05) is 23.4 Å². The molecule has 0 bridgehead atoms. The molecule has 22 heavy (non-hydrogen) atoms. The lowest BCUT2D eigenvalue weighted by Gasteiger charge is -2.06. The van der Waals surface area contributed by atoms with Gasteiger partial charge in [0.05, 0.1) is 11.2 Å². The summed E-state index contributed by atoms with van der Waals surface area (Å²) in [6.07, 6.45) is 0.972. The maximum atomic E-state index is 11.8. The Hall–Kier alpha value is -2.87. The normalized spacial score (nSPS) is 11.1. The summed E-state index contributed by atoms with van der Waals surface area (Å²) in [7, 11) is 2.03. The van der Waals surface area contributed by atoms with Crippen LogP contribution in [-0.4, -0.2) is 10.9 Å². The van der Waals surface area contributed by atoms with E-state index < -0.39 is 0 Å². The third kappa shape index (κ3) is 1.70. The van der Waals surface area contributed by atoms with Crippen LogP contribution in [0.25, 0.3) is 32.9 Å². The van der Waals surface area contributed by atoms with Crippen LogP contribution < -0.4 is 0 Å². The average molecular weight is 285 g/mol. The van der Waals surface area contributed by atoms with E-state index in [-0.39, 0.29) is 0 Å². The summed E-state index contributed by atoms with van der Waals surface area (Å²) in [4.78, 5) is 11.8. The van der Waals surface area contributed by atoms with Crippen molar-refractivity contribution in [3.05, 3.63) is 72.3 Å². The first kappa shape index (κ1) is 12.8. The van der Waals surface area contributed by atoms with E-state index in [0.29, 0.717) is 0 Å². The molecule has 0 amide bonds. The third-order valence-corrected chi connectivity index (χ3v) is 4.28. The molecule has 1 aromatic heterocycles. The summed E-state index contributed by atoms with van der Waals surface area (Å²) in [6.45, 7) is 0. The number of aromatic nitrogens is 1. The molecule has 0 aliphatic rings. The zero-order chi connectivity index (χ0) is 15.1. The predicted molar refractivity (Wildman–Crippen MR) is 91.2 cm³/mol. The van der Waals surface area contributed by atoms with Crippen molar-refractivity contribution < 1.29 is 4.79 Å². The number of carbonyl (C=O) groups is 1. The number of hydrogen-bond acceptors (Lipinski definition) is 1. The van der Waals surface area contributed by atoms with E-state index in [1.54, 1.807) is 0 Å². The quantitative estimate of drug-likeness (QED) is 0.484.